The molecule has 0 spiro atoms. The Hall–Kier alpha value is -0.0800. The smallest absolute Gasteiger partial charge is 0.0445 e. The Kier molecular flexibility index (Phi) is 4.74. The Morgan fingerprint density at radius 2 is 1.92 bits per heavy atom. The molecule has 0 aromatic heterocycles. The van der Waals surface area contributed by atoms with Crippen molar-refractivity contribution in [1.29, 1.82) is 0 Å². The third kappa shape index (κ3) is 3.65. The Morgan fingerprint density at radius 3 is 2.31 bits per heavy atom. The molecule has 1 unspecified atom stereocenters. The van der Waals surface area contributed by atoms with Crippen molar-refractivity contribution in [3.8, 4) is 0 Å². The van der Waals surface area contributed by atoms with Crippen LogP contribution in [-0.4, -0.2) is 23.8 Å². The van der Waals surface area contributed by atoms with Gasteiger partial charge in [0.25, 0.3) is 0 Å². The maximum absolute atomic E-state index is 8.93. The average molecular weight is 185 g/mol. The molecule has 1 saturated carbocycles. The van der Waals surface area contributed by atoms with Crippen molar-refractivity contribution in [2.24, 2.45) is 5.92 Å². The topological polar surface area (TPSA) is 32.3 Å². The van der Waals surface area contributed by atoms with Crippen molar-refractivity contribution in [2.45, 2.75) is 58.0 Å². The van der Waals surface area contributed by atoms with Crippen LogP contribution >= 0.6 is 0 Å². The Morgan fingerprint density at radius 1 is 1.31 bits per heavy atom. The monoisotopic (exact) mass is 185 g/mol. The predicted molar refractivity (Wildman–Crippen MR) is 55.7 cm³/mol. The minimum absolute atomic E-state index is 0.328. The first-order valence-corrected chi connectivity index (χ1v) is 5.68. The SMILES string of the molecule is CCC(CC)NC(CCO)C1CC1. The third-order valence-electron chi connectivity index (χ3n) is 3.07. The first-order chi connectivity index (χ1) is 6.31. The van der Waals surface area contributed by atoms with Crippen LogP contribution in [0, 0.1) is 5.92 Å². The van der Waals surface area contributed by atoms with Crippen molar-refractivity contribution in [3.05, 3.63) is 0 Å². The number of hydrogen-bond donors (Lipinski definition) is 2. The predicted octanol–water partition coefficient (Wildman–Crippen LogP) is 1.93. The summed E-state index contributed by atoms with van der Waals surface area (Å²) >= 11 is 0. The summed E-state index contributed by atoms with van der Waals surface area (Å²) in [5.74, 6) is 0.854. The van der Waals surface area contributed by atoms with Crippen molar-refractivity contribution >= 4 is 0 Å². The molecule has 0 aliphatic heterocycles. The van der Waals surface area contributed by atoms with Gasteiger partial charge in [-0.05, 0) is 38.0 Å². The van der Waals surface area contributed by atoms with Gasteiger partial charge in [-0.2, -0.15) is 0 Å². The second-order valence-corrected chi connectivity index (χ2v) is 4.14. The normalized spacial score (nSPS) is 19.4. The summed E-state index contributed by atoms with van der Waals surface area (Å²) in [6.07, 6.45) is 6.05. The van der Waals surface area contributed by atoms with Gasteiger partial charge in [0, 0.05) is 18.7 Å². The summed E-state index contributed by atoms with van der Waals surface area (Å²) < 4.78 is 0. The van der Waals surface area contributed by atoms with Crippen LogP contribution in [0.1, 0.15) is 46.0 Å². The summed E-state index contributed by atoms with van der Waals surface area (Å²) in [5, 5.41) is 12.6. The maximum atomic E-state index is 8.93. The van der Waals surface area contributed by atoms with Crippen LogP contribution in [-0.2, 0) is 0 Å². The summed E-state index contributed by atoms with van der Waals surface area (Å²) in [6.45, 7) is 4.78. The lowest BCUT2D eigenvalue weighted by Crippen LogP contribution is -2.39. The molecule has 78 valence electrons. The highest BCUT2D eigenvalue weighted by atomic mass is 16.3. The number of nitrogens with one attached hydrogen (secondary N) is 1. The third-order valence-corrected chi connectivity index (χ3v) is 3.07. The summed E-state index contributed by atoms with van der Waals surface area (Å²) in [7, 11) is 0. The first-order valence-electron chi connectivity index (χ1n) is 5.68. The lowest BCUT2D eigenvalue weighted by Gasteiger charge is -2.23. The number of aliphatic hydroxyl groups excluding tert-OH is 1. The van der Waals surface area contributed by atoms with E-state index < -0.39 is 0 Å². The highest BCUT2D eigenvalue weighted by molar-refractivity contribution is 4.87. The molecular formula is C11H23NO. The van der Waals surface area contributed by atoms with Crippen LogP contribution in [0.3, 0.4) is 0 Å². The zero-order valence-corrected chi connectivity index (χ0v) is 8.92. The largest absolute Gasteiger partial charge is 0.396 e. The molecule has 1 aliphatic rings. The van der Waals surface area contributed by atoms with E-state index >= 15 is 0 Å². The van der Waals surface area contributed by atoms with E-state index in [1.807, 2.05) is 0 Å². The highest BCUT2D eigenvalue weighted by Crippen LogP contribution is 2.34. The van der Waals surface area contributed by atoms with Crippen LogP contribution in [0.5, 0.6) is 0 Å². The fraction of sp³-hybridized carbons (Fsp3) is 1.00. The van der Waals surface area contributed by atoms with Gasteiger partial charge in [0.15, 0.2) is 0 Å². The van der Waals surface area contributed by atoms with Crippen molar-refractivity contribution in [2.75, 3.05) is 6.61 Å². The van der Waals surface area contributed by atoms with Gasteiger partial charge >= 0.3 is 0 Å². The maximum Gasteiger partial charge on any atom is 0.0445 e. The molecule has 1 atom stereocenters. The van der Waals surface area contributed by atoms with Crippen LogP contribution in [0.25, 0.3) is 0 Å². The number of rotatable bonds is 7. The van der Waals surface area contributed by atoms with Crippen molar-refractivity contribution in [1.82, 2.24) is 5.32 Å². The summed E-state index contributed by atoms with van der Waals surface area (Å²) in [4.78, 5) is 0. The minimum Gasteiger partial charge on any atom is -0.396 e. The van der Waals surface area contributed by atoms with Gasteiger partial charge in [-0.25, -0.2) is 0 Å². The quantitative estimate of drug-likeness (QED) is 0.635. The fourth-order valence-electron chi connectivity index (χ4n) is 1.92. The van der Waals surface area contributed by atoms with E-state index in [2.05, 4.69) is 19.2 Å². The standard InChI is InChI=1S/C11H23NO/c1-3-10(4-2)12-11(7-8-13)9-5-6-9/h9-13H,3-8H2,1-2H3. The first kappa shape index (κ1) is 11.0. The van der Waals surface area contributed by atoms with Crippen molar-refractivity contribution < 1.29 is 5.11 Å². The van der Waals surface area contributed by atoms with E-state index in [1.165, 1.54) is 25.7 Å². The second kappa shape index (κ2) is 5.61. The molecule has 1 rings (SSSR count). The molecule has 2 N–H and O–H groups in total. The molecule has 0 amide bonds. The van der Waals surface area contributed by atoms with Gasteiger partial charge in [-0.15, -0.1) is 0 Å². The van der Waals surface area contributed by atoms with Crippen LogP contribution in [0.4, 0.5) is 0 Å². The van der Waals surface area contributed by atoms with Gasteiger partial charge in [-0.1, -0.05) is 13.8 Å². The van der Waals surface area contributed by atoms with Gasteiger partial charge in [0.05, 0.1) is 0 Å². The fourth-order valence-corrected chi connectivity index (χ4v) is 1.92. The van der Waals surface area contributed by atoms with Gasteiger partial charge < -0.3 is 10.4 Å². The molecule has 2 nitrogen and oxygen atoms in total. The zero-order valence-electron chi connectivity index (χ0n) is 8.92. The van der Waals surface area contributed by atoms with E-state index in [1.54, 1.807) is 0 Å². The molecular weight excluding hydrogens is 162 g/mol. The van der Waals surface area contributed by atoms with Gasteiger partial charge in [-0.3, -0.25) is 0 Å². The number of hydrogen-bond acceptors (Lipinski definition) is 2. The van der Waals surface area contributed by atoms with Crippen LogP contribution in [0.15, 0.2) is 0 Å². The summed E-state index contributed by atoms with van der Waals surface area (Å²) in [6, 6.07) is 1.23. The molecule has 1 aliphatic carbocycles. The second-order valence-electron chi connectivity index (χ2n) is 4.14. The summed E-state index contributed by atoms with van der Waals surface area (Å²) in [5.41, 5.74) is 0. The highest BCUT2D eigenvalue weighted by Gasteiger charge is 2.31. The molecule has 13 heavy (non-hydrogen) atoms. The van der Waals surface area contributed by atoms with E-state index in [-0.39, 0.29) is 0 Å². The van der Waals surface area contributed by atoms with E-state index in [0.717, 1.165) is 12.3 Å². The van der Waals surface area contributed by atoms with E-state index in [9.17, 15) is 0 Å². The molecule has 1 fully saturated rings. The molecule has 0 bridgehead atoms. The van der Waals surface area contributed by atoms with E-state index in [0.29, 0.717) is 18.7 Å². The molecule has 0 aromatic carbocycles. The van der Waals surface area contributed by atoms with Gasteiger partial charge in [0.2, 0.25) is 0 Å². The Labute approximate surface area is 81.7 Å². The molecule has 0 saturated heterocycles. The van der Waals surface area contributed by atoms with E-state index in [4.69, 9.17) is 5.11 Å². The Balaban J connectivity index is 2.27. The Bertz CT molecular complexity index is 130. The average Bonchev–Trinajstić information content (AvgIpc) is 2.95. The van der Waals surface area contributed by atoms with Crippen molar-refractivity contribution in [3.63, 3.8) is 0 Å². The molecule has 0 aromatic rings. The lowest BCUT2D eigenvalue weighted by molar-refractivity contribution is 0.246. The number of aliphatic hydroxyl groups is 1. The zero-order chi connectivity index (χ0) is 9.68. The molecule has 0 radical (unpaired) electrons. The van der Waals surface area contributed by atoms with Crippen LogP contribution in [0.2, 0.25) is 0 Å². The molecule has 0 heterocycles. The minimum atomic E-state index is 0.328. The van der Waals surface area contributed by atoms with Crippen LogP contribution < -0.4 is 5.32 Å². The lowest BCUT2D eigenvalue weighted by atomic mass is 10.1. The van der Waals surface area contributed by atoms with Gasteiger partial charge in [0.1, 0.15) is 0 Å². The molecule has 2 heteroatoms.